The Kier molecular flexibility index (Phi) is 7.71. The number of H-pyrrole nitrogens is 1. The molecule has 0 saturated carbocycles. The highest BCUT2D eigenvalue weighted by molar-refractivity contribution is 5.92. The fourth-order valence-electron chi connectivity index (χ4n) is 5.13. The quantitative estimate of drug-likeness (QED) is 0.191. The lowest BCUT2D eigenvalue weighted by Gasteiger charge is -2.31. The monoisotopic (exact) mass is 564 g/mol. The van der Waals surface area contributed by atoms with E-state index in [1.165, 1.54) is 18.5 Å². The van der Waals surface area contributed by atoms with Gasteiger partial charge < -0.3 is 25.3 Å². The minimum Gasteiger partial charge on any atom is -0.489 e. The molecule has 1 saturated heterocycles. The van der Waals surface area contributed by atoms with Gasteiger partial charge in [0.1, 0.15) is 47.6 Å². The van der Waals surface area contributed by atoms with Crippen LogP contribution in [0, 0.1) is 5.82 Å². The average molecular weight is 565 g/mol. The molecule has 0 unspecified atom stereocenters. The van der Waals surface area contributed by atoms with Crippen LogP contribution in [0.5, 0.6) is 5.75 Å². The highest BCUT2D eigenvalue weighted by atomic mass is 19.1. The molecule has 42 heavy (non-hydrogen) atoms. The van der Waals surface area contributed by atoms with Crippen molar-refractivity contribution in [2.24, 2.45) is 0 Å². The van der Waals surface area contributed by atoms with Gasteiger partial charge in [0.05, 0.1) is 11.1 Å². The van der Waals surface area contributed by atoms with Gasteiger partial charge in [0, 0.05) is 37.7 Å². The van der Waals surface area contributed by atoms with Gasteiger partial charge in [-0.1, -0.05) is 12.6 Å². The normalized spacial score (nSPS) is 13.6. The van der Waals surface area contributed by atoms with Crippen LogP contribution in [0.3, 0.4) is 0 Å². The third-order valence-corrected chi connectivity index (χ3v) is 7.27. The predicted octanol–water partition coefficient (Wildman–Crippen LogP) is 5.85. The summed E-state index contributed by atoms with van der Waals surface area (Å²) in [6.45, 7) is 5.12. The van der Waals surface area contributed by atoms with Crippen LogP contribution < -0.4 is 15.4 Å². The number of rotatable bonds is 9. The first-order valence-corrected chi connectivity index (χ1v) is 13.6. The number of anilines is 4. The number of nitrogens with one attached hydrogen (secondary N) is 3. The predicted molar refractivity (Wildman–Crippen MR) is 158 cm³/mol. The molecule has 1 amide bonds. The van der Waals surface area contributed by atoms with Gasteiger partial charge in [0.2, 0.25) is 5.91 Å². The molecule has 10 nitrogen and oxygen atoms in total. The summed E-state index contributed by atoms with van der Waals surface area (Å²) in [5, 5.41) is 7.11. The molecule has 1 aromatic carbocycles. The summed E-state index contributed by atoms with van der Waals surface area (Å²) >= 11 is 0. The number of fused-ring (bicyclic) bond motifs is 1. The summed E-state index contributed by atoms with van der Waals surface area (Å²) < 4.78 is 21.1. The molecule has 1 aliphatic heterocycles. The molecule has 6 rings (SSSR count). The van der Waals surface area contributed by atoms with Crippen LogP contribution in [-0.4, -0.2) is 48.8 Å². The van der Waals surface area contributed by atoms with Gasteiger partial charge >= 0.3 is 0 Å². The summed E-state index contributed by atoms with van der Waals surface area (Å²) in [7, 11) is 0. The van der Waals surface area contributed by atoms with Gasteiger partial charge in [0.25, 0.3) is 0 Å². The molecule has 5 aromatic rings. The third kappa shape index (κ3) is 5.90. The Morgan fingerprint density at radius 2 is 1.90 bits per heavy atom. The zero-order chi connectivity index (χ0) is 28.9. The Morgan fingerprint density at radius 1 is 1.05 bits per heavy atom. The second-order valence-electron chi connectivity index (χ2n) is 9.94. The molecule has 5 heterocycles. The van der Waals surface area contributed by atoms with Crippen LogP contribution in [-0.2, 0) is 11.4 Å². The maximum absolute atomic E-state index is 15.2. The zero-order valence-corrected chi connectivity index (χ0v) is 22.8. The average Bonchev–Trinajstić information content (AvgIpc) is 3.47. The Labute approximate surface area is 241 Å². The summed E-state index contributed by atoms with van der Waals surface area (Å²) in [6.07, 6.45) is 9.72. The van der Waals surface area contributed by atoms with Crippen molar-refractivity contribution in [2.75, 3.05) is 23.7 Å². The minimum atomic E-state index is -0.472. The van der Waals surface area contributed by atoms with E-state index in [9.17, 15) is 4.79 Å². The number of hydrogen-bond donors (Lipinski definition) is 3. The van der Waals surface area contributed by atoms with E-state index in [2.05, 4.69) is 42.1 Å². The van der Waals surface area contributed by atoms with Crippen LogP contribution >= 0.6 is 0 Å². The molecule has 4 aromatic heterocycles. The highest BCUT2D eigenvalue weighted by Gasteiger charge is 2.26. The van der Waals surface area contributed by atoms with Crippen molar-refractivity contribution in [3.05, 3.63) is 103 Å². The Morgan fingerprint density at radius 3 is 2.69 bits per heavy atom. The smallest absolute Gasteiger partial charge is 0.245 e. The van der Waals surface area contributed by atoms with Crippen molar-refractivity contribution in [3.63, 3.8) is 0 Å². The molecule has 11 heteroatoms. The fourth-order valence-corrected chi connectivity index (χ4v) is 5.13. The minimum absolute atomic E-state index is 0.0517. The van der Waals surface area contributed by atoms with Crippen LogP contribution in [0.25, 0.3) is 11.0 Å². The highest BCUT2D eigenvalue weighted by Crippen LogP contribution is 2.36. The number of pyridine rings is 2. The molecule has 0 bridgehead atoms. The summed E-state index contributed by atoms with van der Waals surface area (Å²) in [5.74, 6) is 1.92. The molecule has 1 fully saturated rings. The largest absolute Gasteiger partial charge is 0.489 e. The Balaban J connectivity index is 1.13. The lowest BCUT2D eigenvalue weighted by atomic mass is 9.89. The number of nitrogens with zero attached hydrogens (tertiary/aromatic N) is 5. The first-order valence-electron chi connectivity index (χ1n) is 13.6. The molecule has 0 aliphatic carbocycles. The Bertz CT molecular complexity index is 1720. The molecular formula is C31H29FN8O2. The van der Waals surface area contributed by atoms with Gasteiger partial charge in [0.15, 0.2) is 0 Å². The number of ether oxygens (including phenoxy) is 1. The molecular weight excluding hydrogens is 535 g/mol. The number of piperidine rings is 1. The van der Waals surface area contributed by atoms with E-state index in [4.69, 9.17) is 4.74 Å². The van der Waals surface area contributed by atoms with Gasteiger partial charge in [-0.15, -0.1) is 0 Å². The van der Waals surface area contributed by atoms with Crippen molar-refractivity contribution in [3.8, 4) is 5.75 Å². The zero-order valence-electron chi connectivity index (χ0n) is 22.8. The van der Waals surface area contributed by atoms with E-state index >= 15 is 4.39 Å². The number of carbonyl (C=O) groups is 1. The molecule has 0 spiro atoms. The van der Waals surface area contributed by atoms with Crippen LogP contribution in [0.2, 0.25) is 0 Å². The number of carbonyl (C=O) groups excluding carboxylic acids is 1. The molecule has 0 radical (unpaired) electrons. The fraction of sp³-hybridized carbons (Fsp3) is 0.194. The number of amides is 1. The van der Waals surface area contributed by atoms with E-state index in [1.54, 1.807) is 29.4 Å². The Hall–Kier alpha value is -5.32. The SMILES string of the molecule is C=CC(=O)N1CCC(c2c[nH]c3ncnc(Nc4ccc(OCc5ccnc(Nc6ccccn6)c5)cc4F)c23)CC1. The molecule has 0 atom stereocenters. The molecule has 1 aliphatic rings. The maximum atomic E-state index is 15.2. The summed E-state index contributed by atoms with van der Waals surface area (Å²) in [5.41, 5.74) is 2.86. The summed E-state index contributed by atoms with van der Waals surface area (Å²) in [4.78, 5) is 34.4. The van der Waals surface area contributed by atoms with Gasteiger partial charge in [-0.25, -0.2) is 24.3 Å². The van der Waals surface area contributed by atoms with Crippen molar-refractivity contribution in [2.45, 2.75) is 25.4 Å². The molecule has 3 N–H and O–H groups in total. The summed E-state index contributed by atoms with van der Waals surface area (Å²) in [6, 6.07) is 14.0. The second kappa shape index (κ2) is 12.0. The van der Waals surface area contributed by atoms with Crippen molar-refractivity contribution in [1.82, 2.24) is 29.8 Å². The lowest BCUT2D eigenvalue weighted by molar-refractivity contribution is -0.127. The van der Waals surface area contributed by atoms with E-state index in [0.29, 0.717) is 41.9 Å². The van der Waals surface area contributed by atoms with Crippen molar-refractivity contribution >= 4 is 40.1 Å². The van der Waals surface area contributed by atoms with Gasteiger partial charge in [-0.2, -0.15) is 0 Å². The number of aromatic amines is 1. The number of likely N-dealkylation sites (tertiary alicyclic amines) is 1. The topological polar surface area (TPSA) is 121 Å². The van der Waals surface area contributed by atoms with E-state index in [-0.39, 0.29) is 24.1 Å². The van der Waals surface area contributed by atoms with Crippen LogP contribution in [0.15, 0.2) is 86.1 Å². The standard InChI is InChI=1S/C31H29FN8O2/c1-2-28(41)40-13-9-21(10-14-40)23-17-35-30-29(23)31(37-19-36-30)38-25-7-6-22(16-24(25)32)42-18-20-8-12-34-27(15-20)39-26-5-3-4-11-33-26/h2-8,11-12,15-17,19,21H,1,9-10,13-14,18H2,(H,33,34,39)(H2,35,36,37,38). The second-order valence-corrected chi connectivity index (χ2v) is 9.94. The maximum Gasteiger partial charge on any atom is 0.245 e. The number of benzene rings is 1. The number of hydrogen-bond acceptors (Lipinski definition) is 8. The van der Waals surface area contributed by atoms with E-state index < -0.39 is 5.82 Å². The van der Waals surface area contributed by atoms with Gasteiger partial charge in [-0.3, -0.25) is 4.79 Å². The van der Waals surface area contributed by atoms with Crippen LogP contribution in [0.1, 0.15) is 29.9 Å². The van der Waals surface area contributed by atoms with Crippen LogP contribution in [0.4, 0.5) is 27.5 Å². The third-order valence-electron chi connectivity index (χ3n) is 7.27. The number of halogens is 1. The lowest BCUT2D eigenvalue weighted by Crippen LogP contribution is -2.36. The number of aromatic nitrogens is 5. The molecule has 212 valence electrons. The van der Waals surface area contributed by atoms with E-state index in [1.807, 2.05) is 36.5 Å². The van der Waals surface area contributed by atoms with E-state index in [0.717, 1.165) is 29.4 Å². The van der Waals surface area contributed by atoms with Crippen molar-refractivity contribution < 1.29 is 13.9 Å². The first-order chi connectivity index (χ1) is 20.6. The first kappa shape index (κ1) is 26.9. The van der Waals surface area contributed by atoms with Crippen molar-refractivity contribution in [1.29, 1.82) is 0 Å². The van der Waals surface area contributed by atoms with Gasteiger partial charge in [-0.05, 0) is 72.4 Å².